The van der Waals surface area contributed by atoms with E-state index in [2.05, 4.69) is 0 Å². The van der Waals surface area contributed by atoms with Crippen molar-refractivity contribution in [3.05, 3.63) is 59.9 Å². The smallest absolute Gasteiger partial charge is 0.310 e. The average molecular weight is 326 g/mol. The summed E-state index contributed by atoms with van der Waals surface area (Å²) in [6.45, 7) is 2.47. The van der Waals surface area contributed by atoms with Gasteiger partial charge in [-0.1, -0.05) is 12.1 Å². The third-order valence-electron chi connectivity index (χ3n) is 3.58. The van der Waals surface area contributed by atoms with E-state index in [9.17, 15) is 9.90 Å². The fourth-order valence-electron chi connectivity index (χ4n) is 2.44. The summed E-state index contributed by atoms with van der Waals surface area (Å²) in [5.74, 6) is 0.532. The molecule has 0 spiro atoms. The standard InChI is InChI=1S/C19H18O5/c1-13-3-2-4-16(9-13)22-7-8-23-19(21)10-14-12-24-18-11-15(20)5-6-17(14)18/h2-6,9,11-12,20H,7-8,10H2,1H3. The fourth-order valence-corrected chi connectivity index (χ4v) is 2.44. The van der Waals surface area contributed by atoms with Crippen LogP contribution in [0.15, 0.2) is 53.1 Å². The third kappa shape index (κ3) is 3.87. The minimum Gasteiger partial charge on any atom is -0.508 e. The number of phenols is 1. The molecule has 1 N–H and O–H groups in total. The summed E-state index contributed by atoms with van der Waals surface area (Å²) in [5, 5.41) is 10.2. The van der Waals surface area contributed by atoms with E-state index in [0.717, 1.165) is 22.3 Å². The molecular weight excluding hydrogens is 308 g/mol. The number of hydrogen-bond acceptors (Lipinski definition) is 5. The number of carbonyl (C=O) groups is 1. The van der Waals surface area contributed by atoms with Crippen molar-refractivity contribution in [3.63, 3.8) is 0 Å². The fraction of sp³-hybridized carbons (Fsp3) is 0.211. The SMILES string of the molecule is Cc1cccc(OCCOC(=O)Cc2coc3cc(O)ccc23)c1. The number of hydrogen-bond donors (Lipinski definition) is 1. The number of rotatable bonds is 6. The second-order valence-corrected chi connectivity index (χ2v) is 5.50. The van der Waals surface area contributed by atoms with E-state index in [-0.39, 0.29) is 24.7 Å². The van der Waals surface area contributed by atoms with Crippen molar-refractivity contribution < 1.29 is 23.8 Å². The molecule has 0 aliphatic rings. The van der Waals surface area contributed by atoms with E-state index >= 15 is 0 Å². The van der Waals surface area contributed by atoms with Crippen LogP contribution in [0.5, 0.6) is 11.5 Å². The van der Waals surface area contributed by atoms with E-state index in [1.165, 1.54) is 12.3 Å². The van der Waals surface area contributed by atoms with Crippen LogP contribution in [0.3, 0.4) is 0 Å². The van der Waals surface area contributed by atoms with E-state index in [0.29, 0.717) is 12.2 Å². The van der Waals surface area contributed by atoms with Crippen LogP contribution in [0, 0.1) is 6.92 Å². The average Bonchev–Trinajstić information content (AvgIpc) is 2.93. The van der Waals surface area contributed by atoms with E-state index in [1.54, 1.807) is 12.1 Å². The Bertz CT molecular complexity index is 850. The number of esters is 1. The number of fused-ring (bicyclic) bond motifs is 1. The van der Waals surface area contributed by atoms with Crippen molar-refractivity contribution in [3.8, 4) is 11.5 Å². The van der Waals surface area contributed by atoms with Gasteiger partial charge in [0.2, 0.25) is 0 Å². The summed E-state index contributed by atoms with van der Waals surface area (Å²) < 4.78 is 16.1. The highest BCUT2D eigenvalue weighted by Crippen LogP contribution is 2.25. The van der Waals surface area contributed by atoms with Crippen LogP contribution < -0.4 is 4.74 Å². The molecule has 5 heteroatoms. The monoisotopic (exact) mass is 326 g/mol. The maximum absolute atomic E-state index is 11.9. The summed E-state index contributed by atoms with van der Waals surface area (Å²) in [7, 11) is 0. The summed E-state index contributed by atoms with van der Waals surface area (Å²) in [4.78, 5) is 11.9. The molecule has 24 heavy (non-hydrogen) atoms. The van der Waals surface area contributed by atoms with E-state index in [1.807, 2.05) is 31.2 Å². The molecule has 5 nitrogen and oxygen atoms in total. The zero-order valence-electron chi connectivity index (χ0n) is 13.3. The van der Waals surface area contributed by atoms with Gasteiger partial charge < -0.3 is 19.0 Å². The lowest BCUT2D eigenvalue weighted by Crippen LogP contribution is -2.13. The van der Waals surface area contributed by atoms with Crippen LogP contribution >= 0.6 is 0 Å². The lowest BCUT2D eigenvalue weighted by Gasteiger charge is -2.07. The molecule has 0 aliphatic carbocycles. The van der Waals surface area contributed by atoms with Gasteiger partial charge in [-0.05, 0) is 36.8 Å². The molecule has 3 aromatic rings. The predicted molar refractivity (Wildman–Crippen MR) is 89.2 cm³/mol. The van der Waals surface area contributed by atoms with Gasteiger partial charge >= 0.3 is 5.97 Å². The van der Waals surface area contributed by atoms with Crippen LogP contribution in [0.25, 0.3) is 11.0 Å². The summed E-state index contributed by atoms with van der Waals surface area (Å²) in [6.07, 6.45) is 1.62. The Morgan fingerprint density at radius 1 is 1.17 bits per heavy atom. The molecule has 0 atom stereocenters. The predicted octanol–water partition coefficient (Wildman–Crippen LogP) is 3.61. The van der Waals surface area contributed by atoms with Gasteiger partial charge in [-0.3, -0.25) is 4.79 Å². The van der Waals surface area contributed by atoms with Crippen molar-refractivity contribution in [1.29, 1.82) is 0 Å². The molecule has 0 bridgehead atoms. The molecule has 0 fully saturated rings. The summed E-state index contributed by atoms with van der Waals surface area (Å²) >= 11 is 0. The Morgan fingerprint density at radius 3 is 2.88 bits per heavy atom. The second-order valence-electron chi connectivity index (χ2n) is 5.50. The van der Waals surface area contributed by atoms with E-state index in [4.69, 9.17) is 13.9 Å². The normalized spacial score (nSPS) is 10.7. The van der Waals surface area contributed by atoms with Gasteiger partial charge in [0.05, 0.1) is 12.7 Å². The lowest BCUT2D eigenvalue weighted by atomic mass is 10.1. The van der Waals surface area contributed by atoms with Crippen LogP contribution in [0.1, 0.15) is 11.1 Å². The zero-order chi connectivity index (χ0) is 16.9. The molecule has 2 aromatic carbocycles. The first-order valence-corrected chi connectivity index (χ1v) is 7.66. The van der Waals surface area contributed by atoms with Gasteiger partial charge in [-0.15, -0.1) is 0 Å². The van der Waals surface area contributed by atoms with Gasteiger partial charge in [0.25, 0.3) is 0 Å². The lowest BCUT2D eigenvalue weighted by molar-refractivity contribution is -0.143. The Hall–Kier alpha value is -2.95. The maximum Gasteiger partial charge on any atom is 0.310 e. The van der Waals surface area contributed by atoms with Crippen molar-refractivity contribution in [1.82, 2.24) is 0 Å². The minimum atomic E-state index is -0.349. The first-order valence-electron chi connectivity index (χ1n) is 7.66. The highest BCUT2D eigenvalue weighted by molar-refractivity contribution is 5.86. The van der Waals surface area contributed by atoms with Crippen LogP contribution in [0.4, 0.5) is 0 Å². The molecule has 124 valence electrons. The van der Waals surface area contributed by atoms with Crippen LogP contribution in [0.2, 0.25) is 0 Å². The molecule has 0 unspecified atom stereocenters. The molecule has 1 heterocycles. The molecule has 1 aromatic heterocycles. The Labute approximate surface area is 139 Å². The number of furan rings is 1. The van der Waals surface area contributed by atoms with Gasteiger partial charge in [0.1, 0.15) is 30.3 Å². The van der Waals surface area contributed by atoms with Crippen molar-refractivity contribution in [2.24, 2.45) is 0 Å². The molecular formula is C19H18O5. The number of phenolic OH excluding ortho intramolecular Hbond substituents is 1. The van der Waals surface area contributed by atoms with E-state index < -0.39 is 0 Å². The van der Waals surface area contributed by atoms with Gasteiger partial charge in [0.15, 0.2) is 0 Å². The largest absolute Gasteiger partial charge is 0.508 e. The third-order valence-corrected chi connectivity index (χ3v) is 3.58. The van der Waals surface area contributed by atoms with Crippen LogP contribution in [-0.4, -0.2) is 24.3 Å². The molecule has 0 amide bonds. The first-order chi connectivity index (χ1) is 11.6. The molecule has 3 rings (SSSR count). The van der Waals surface area contributed by atoms with Crippen molar-refractivity contribution in [2.45, 2.75) is 13.3 Å². The van der Waals surface area contributed by atoms with Crippen molar-refractivity contribution >= 4 is 16.9 Å². The number of benzene rings is 2. The molecule has 0 saturated carbocycles. The first kappa shape index (κ1) is 15.9. The molecule has 0 saturated heterocycles. The number of aromatic hydroxyl groups is 1. The Kier molecular flexibility index (Phi) is 4.70. The Morgan fingerprint density at radius 2 is 2.04 bits per heavy atom. The summed E-state index contributed by atoms with van der Waals surface area (Å²) in [5.41, 5.74) is 2.39. The van der Waals surface area contributed by atoms with Gasteiger partial charge in [-0.2, -0.15) is 0 Å². The van der Waals surface area contributed by atoms with Crippen LogP contribution in [-0.2, 0) is 16.0 Å². The number of aryl methyl sites for hydroxylation is 1. The zero-order valence-corrected chi connectivity index (χ0v) is 13.3. The second kappa shape index (κ2) is 7.08. The number of ether oxygens (including phenoxy) is 2. The van der Waals surface area contributed by atoms with Gasteiger partial charge in [0, 0.05) is 17.0 Å². The maximum atomic E-state index is 11.9. The molecule has 0 radical (unpaired) electrons. The Balaban J connectivity index is 1.48. The topological polar surface area (TPSA) is 68.9 Å². The summed E-state index contributed by atoms with van der Waals surface area (Å²) in [6, 6.07) is 12.5. The number of carbonyl (C=O) groups excluding carboxylic acids is 1. The minimum absolute atomic E-state index is 0.113. The quantitative estimate of drug-likeness (QED) is 0.553. The van der Waals surface area contributed by atoms with Crippen molar-refractivity contribution in [2.75, 3.05) is 13.2 Å². The molecule has 0 aliphatic heterocycles. The highest BCUT2D eigenvalue weighted by atomic mass is 16.6. The highest BCUT2D eigenvalue weighted by Gasteiger charge is 2.12. The van der Waals surface area contributed by atoms with Gasteiger partial charge in [-0.25, -0.2) is 0 Å².